The summed E-state index contributed by atoms with van der Waals surface area (Å²) in [5, 5.41) is 0. The summed E-state index contributed by atoms with van der Waals surface area (Å²) in [7, 11) is 1.71. The van der Waals surface area contributed by atoms with Crippen molar-refractivity contribution in [3.05, 3.63) is 89.5 Å². The Morgan fingerprint density at radius 2 is 1.36 bits per heavy atom. The average Bonchev–Trinajstić information content (AvgIpc) is 2.89. The molecule has 1 aliphatic carbocycles. The van der Waals surface area contributed by atoms with Gasteiger partial charge in [-0.15, -0.1) is 0 Å². The van der Waals surface area contributed by atoms with Crippen LogP contribution in [0.5, 0.6) is 5.75 Å². The highest BCUT2D eigenvalue weighted by Crippen LogP contribution is 2.46. The molecule has 0 aromatic heterocycles. The Morgan fingerprint density at radius 1 is 0.682 bits per heavy atom. The molecule has 0 aliphatic heterocycles. The third kappa shape index (κ3) is 2.03. The first-order valence-electron chi connectivity index (χ1n) is 7.42. The molecule has 0 unspecified atom stereocenters. The van der Waals surface area contributed by atoms with Crippen molar-refractivity contribution in [2.45, 2.75) is 0 Å². The molecule has 1 heteroatoms. The molecule has 106 valence electrons. The molecule has 22 heavy (non-hydrogen) atoms. The molecule has 0 saturated heterocycles. The lowest BCUT2D eigenvalue weighted by atomic mass is 10.0. The van der Waals surface area contributed by atoms with Crippen LogP contribution in [0.25, 0.3) is 22.8 Å². The highest BCUT2D eigenvalue weighted by atomic mass is 16.5. The Balaban J connectivity index is 1.96. The summed E-state index contributed by atoms with van der Waals surface area (Å²) in [5.41, 5.74) is 7.58. The first-order valence-corrected chi connectivity index (χ1v) is 7.42. The molecule has 1 nitrogen and oxygen atoms in total. The van der Waals surface area contributed by atoms with Crippen LogP contribution in [0.3, 0.4) is 0 Å². The summed E-state index contributed by atoms with van der Waals surface area (Å²) in [6.07, 6.45) is 2.26. The average molecular weight is 284 g/mol. The van der Waals surface area contributed by atoms with Gasteiger partial charge in [0.1, 0.15) is 5.75 Å². The van der Waals surface area contributed by atoms with Crippen LogP contribution in [0.1, 0.15) is 16.7 Å². The fourth-order valence-corrected chi connectivity index (χ4v) is 3.08. The summed E-state index contributed by atoms with van der Waals surface area (Å²) in [5.74, 6) is 0.898. The smallest absolute Gasteiger partial charge is 0.119 e. The van der Waals surface area contributed by atoms with E-state index in [1.54, 1.807) is 7.11 Å². The van der Waals surface area contributed by atoms with E-state index in [9.17, 15) is 0 Å². The zero-order valence-corrected chi connectivity index (χ0v) is 12.4. The van der Waals surface area contributed by atoms with Crippen LogP contribution in [-0.2, 0) is 0 Å². The Bertz CT molecular complexity index is 860. The Morgan fingerprint density at radius 3 is 2.14 bits per heavy atom. The van der Waals surface area contributed by atoms with Gasteiger partial charge in [-0.25, -0.2) is 0 Å². The van der Waals surface area contributed by atoms with E-state index in [2.05, 4.69) is 66.7 Å². The predicted octanol–water partition coefficient (Wildman–Crippen LogP) is 5.26. The minimum Gasteiger partial charge on any atom is -0.497 e. The highest BCUT2D eigenvalue weighted by molar-refractivity contribution is 6.06. The molecule has 4 rings (SSSR count). The lowest BCUT2D eigenvalue weighted by Crippen LogP contribution is -1.85. The van der Waals surface area contributed by atoms with E-state index in [4.69, 9.17) is 4.74 Å². The molecule has 1 aliphatic rings. The molecule has 0 heterocycles. The van der Waals surface area contributed by atoms with Crippen molar-refractivity contribution < 1.29 is 4.74 Å². The minimum absolute atomic E-state index is 0.898. The van der Waals surface area contributed by atoms with Crippen molar-refractivity contribution in [2.75, 3.05) is 7.11 Å². The number of fused-ring (bicyclic) bond motifs is 3. The summed E-state index contributed by atoms with van der Waals surface area (Å²) in [6.45, 7) is 0. The first kappa shape index (κ1) is 12.9. The molecule has 0 saturated carbocycles. The maximum absolute atomic E-state index is 5.39. The monoisotopic (exact) mass is 284 g/mol. The quantitative estimate of drug-likeness (QED) is 0.487. The normalized spacial score (nSPS) is 13.8. The molecule has 0 radical (unpaired) electrons. The number of rotatable bonds is 2. The highest BCUT2D eigenvalue weighted by Gasteiger charge is 2.23. The van der Waals surface area contributed by atoms with Gasteiger partial charge in [-0.2, -0.15) is 0 Å². The number of ether oxygens (including phenoxy) is 1. The zero-order chi connectivity index (χ0) is 14.9. The van der Waals surface area contributed by atoms with Gasteiger partial charge in [0.15, 0.2) is 0 Å². The zero-order valence-electron chi connectivity index (χ0n) is 12.4. The van der Waals surface area contributed by atoms with E-state index in [0.29, 0.717) is 0 Å². The van der Waals surface area contributed by atoms with Gasteiger partial charge in [-0.05, 0) is 51.6 Å². The van der Waals surface area contributed by atoms with Gasteiger partial charge < -0.3 is 4.74 Å². The van der Waals surface area contributed by atoms with Gasteiger partial charge in [0.2, 0.25) is 0 Å². The van der Waals surface area contributed by atoms with E-state index >= 15 is 0 Å². The third-order valence-electron chi connectivity index (χ3n) is 4.13. The van der Waals surface area contributed by atoms with Gasteiger partial charge in [0.05, 0.1) is 7.11 Å². The molecule has 0 bridgehead atoms. The van der Waals surface area contributed by atoms with E-state index in [1.165, 1.54) is 33.4 Å². The van der Waals surface area contributed by atoms with Crippen molar-refractivity contribution in [3.8, 4) is 16.9 Å². The lowest BCUT2D eigenvalue weighted by Gasteiger charge is -2.05. The lowest BCUT2D eigenvalue weighted by molar-refractivity contribution is 0.415. The maximum atomic E-state index is 5.39. The van der Waals surface area contributed by atoms with Gasteiger partial charge in [-0.1, -0.05) is 60.7 Å². The molecule has 0 spiro atoms. The summed E-state index contributed by atoms with van der Waals surface area (Å²) in [6, 6.07) is 25.3. The molecular formula is C21H16O. The van der Waals surface area contributed by atoms with Crippen LogP contribution in [0.4, 0.5) is 0 Å². The minimum atomic E-state index is 0.898. The fourth-order valence-electron chi connectivity index (χ4n) is 3.08. The van der Waals surface area contributed by atoms with Gasteiger partial charge in [0, 0.05) is 0 Å². The number of hydrogen-bond donors (Lipinski definition) is 0. The number of hydrogen-bond acceptors (Lipinski definition) is 1. The van der Waals surface area contributed by atoms with E-state index in [0.717, 1.165) is 5.75 Å². The fraction of sp³-hybridized carbons (Fsp3) is 0.0476. The maximum Gasteiger partial charge on any atom is 0.119 e. The molecule has 0 amide bonds. The second kappa shape index (κ2) is 5.19. The van der Waals surface area contributed by atoms with Crippen molar-refractivity contribution in [2.24, 2.45) is 0 Å². The Labute approximate surface area is 130 Å². The van der Waals surface area contributed by atoms with Crippen LogP contribution in [-0.4, -0.2) is 7.11 Å². The number of methoxy groups -OCH3 is 1. The molecule has 0 atom stereocenters. The van der Waals surface area contributed by atoms with Crippen LogP contribution >= 0.6 is 0 Å². The standard InChI is InChI=1S/C21H16O/c1-22-16-11-12-19-20(13-15-7-3-2-4-8-15)17-9-5-6-10-18(17)21(19)14-16/h2-14H,1H3/b20-13-. The van der Waals surface area contributed by atoms with Crippen molar-refractivity contribution in [1.82, 2.24) is 0 Å². The largest absolute Gasteiger partial charge is 0.497 e. The number of benzene rings is 3. The molecule has 3 aromatic carbocycles. The molecule has 3 aromatic rings. The van der Waals surface area contributed by atoms with Crippen molar-refractivity contribution >= 4 is 11.6 Å². The van der Waals surface area contributed by atoms with Crippen LogP contribution in [0, 0.1) is 0 Å². The summed E-state index contributed by atoms with van der Waals surface area (Å²) < 4.78 is 5.39. The van der Waals surface area contributed by atoms with Crippen LogP contribution in [0.15, 0.2) is 72.8 Å². The van der Waals surface area contributed by atoms with Gasteiger partial charge in [-0.3, -0.25) is 0 Å². The third-order valence-corrected chi connectivity index (χ3v) is 4.13. The van der Waals surface area contributed by atoms with E-state index in [1.807, 2.05) is 12.1 Å². The van der Waals surface area contributed by atoms with Crippen LogP contribution in [0.2, 0.25) is 0 Å². The van der Waals surface area contributed by atoms with Crippen molar-refractivity contribution in [3.63, 3.8) is 0 Å². The predicted molar refractivity (Wildman–Crippen MR) is 91.8 cm³/mol. The SMILES string of the molecule is COc1ccc2c(c1)-c1ccccc1/C2=C/c1ccccc1. The van der Waals surface area contributed by atoms with Gasteiger partial charge >= 0.3 is 0 Å². The summed E-state index contributed by atoms with van der Waals surface area (Å²) in [4.78, 5) is 0. The Kier molecular flexibility index (Phi) is 3.05. The van der Waals surface area contributed by atoms with Crippen molar-refractivity contribution in [1.29, 1.82) is 0 Å². The molecular weight excluding hydrogens is 268 g/mol. The van der Waals surface area contributed by atoms with E-state index < -0.39 is 0 Å². The second-order valence-electron chi connectivity index (χ2n) is 5.43. The van der Waals surface area contributed by atoms with Gasteiger partial charge in [0.25, 0.3) is 0 Å². The van der Waals surface area contributed by atoms with Crippen LogP contribution < -0.4 is 4.74 Å². The Hall–Kier alpha value is -2.80. The molecule has 0 fully saturated rings. The topological polar surface area (TPSA) is 9.23 Å². The first-order chi connectivity index (χ1) is 10.9. The molecule has 0 N–H and O–H groups in total. The van der Waals surface area contributed by atoms with E-state index in [-0.39, 0.29) is 0 Å². The second-order valence-corrected chi connectivity index (χ2v) is 5.43. The summed E-state index contributed by atoms with van der Waals surface area (Å²) >= 11 is 0.